The Morgan fingerprint density at radius 1 is 1.13 bits per heavy atom. The number of amides is 2. The summed E-state index contributed by atoms with van der Waals surface area (Å²) in [6, 6.07) is 11.7. The molecule has 2 aromatic rings. The average Bonchev–Trinajstić information content (AvgIpc) is 2.73. The van der Waals surface area contributed by atoms with Gasteiger partial charge < -0.3 is 15.4 Å². The lowest BCUT2D eigenvalue weighted by Crippen LogP contribution is -2.29. The molecule has 0 atom stereocenters. The number of carbonyl (C=O) groups is 2. The molecular weight excluding hydrogens is 429 g/mol. The zero-order chi connectivity index (χ0) is 21.9. The van der Waals surface area contributed by atoms with E-state index >= 15 is 0 Å². The monoisotopic (exact) mass is 451 g/mol. The van der Waals surface area contributed by atoms with Crippen LogP contribution in [0, 0.1) is 5.82 Å². The van der Waals surface area contributed by atoms with Crippen molar-refractivity contribution in [3.63, 3.8) is 0 Å². The molecular formula is C21H23ClFN3O3S. The molecule has 0 radical (unpaired) electrons. The average molecular weight is 452 g/mol. The van der Waals surface area contributed by atoms with Crippen molar-refractivity contribution in [3.8, 4) is 5.75 Å². The number of ether oxygens (including phenoxy) is 1. The lowest BCUT2D eigenvalue weighted by atomic mass is 10.1. The molecule has 0 aliphatic carbocycles. The minimum atomic E-state index is -0.628. The summed E-state index contributed by atoms with van der Waals surface area (Å²) in [6.45, 7) is 3.93. The molecule has 4 N–H and O–H groups in total. The first kappa shape index (κ1) is 23.7. The molecule has 2 rings (SSSR count). The van der Waals surface area contributed by atoms with Crippen LogP contribution < -0.4 is 20.5 Å². The normalized spacial score (nSPS) is 10.4. The fraction of sp³-hybridized carbons (Fsp3) is 0.238. The third-order valence-corrected chi connectivity index (χ3v) is 4.88. The van der Waals surface area contributed by atoms with Crippen molar-refractivity contribution in [3.05, 3.63) is 71.1 Å². The van der Waals surface area contributed by atoms with Gasteiger partial charge in [-0.3, -0.25) is 14.7 Å². The van der Waals surface area contributed by atoms with Gasteiger partial charge in [-0.05, 0) is 54.6 Å². The van der Waals surface area contributed by atoms with E-state index in [9.17, 15) is 14.0 Å². The summed E-state index contributed by atoms with van der Waals surface area (Å²) in [5, 5.41) is 10.8. The van der Waals surface area contributed by atoms with Crippen molar-refractivity contribution in [1.82, 2.24) is 10.6 Å². The quantitative estimate of drug-likeness (QED) is 0.454. The maximum Gasteiger partial charge on any atom is 0.262 e. The largest absolute Gasteiger partial charge is 0.484 e. The standard InChI is InChI=1S/C21H23ClFN3O3S/c1-14(26-21(28)13-29-16-5-8-18(22)19(23)12-16)2-9-20(27)25-11-10-15-3-6-17(30-24)7-4-15/h3-8,12H,1-2,9-11,13,24H2,(H,25,27)(H,26,28). The zero-order valence-electron chi connectivity index (χ0n) is 16.3. The van der Waals surface area contributed by atoms with Gasteiger partial charge in [0.1, 0.15) is 11.6 Å². The number of allylic oxidation sites excluding steroid dienone is 1. The number of hydrogen-bond donors (Lipinski definition) is 3. The Kier molecular flexibility index (Phi) is 9.66. The van der Waals surface area contributed by atoms with Crippen LogP contribution in [-0.4, -0.2) is 25.0 Å². The SMILES string of the molecule is C=C(CCC(=O)NCCc1ccc(SN)cc1)NC(=O)COc1ccc(Cl)c(F)c1. The van der Waals surface area contributed by atoms with E-state index in [0.29, 0.717) is 25.1 Å². The van der Waals surface area contributed by atoms with Crippen molar-refractivity contribution >= 4 is 35.4 Å². The Hall–Kier alpha value is -2.55. The molecule has 0 saturated carbocycles. The Morgan fingerprint density at radius 3 is 2.53 bits per heavy atom. The van der Waals surface area contributed by atoms with Gasteiger partial charge in [0.15, 0.2) is 6.61 Å². The molecule has 0 saturated heterocycles. The predicted octanol–water partition coefficient (Wildman–Crippen LogP) is 3.59. The third kappa shape index (κ3) is 8.44. The van der Waals surface area contributed by atoms with Crippen LogP contribution in [0.15, 0.2) is 59.6 Å². The Labute approximate surface area is 184 Å². The predicted molar refractivity (Wildman–Crippen MR) is 117 cm³/mol. The van der Waals surface area contributed by atoms with E-state index in [1.807, 2.05) is 24.3 Å². The number of halogens is 2. The van der Waals surface area contributed by atoms with Crippen LogP contribution in [0.1, 0.15) is 18.4 Å². The number of carbonyl (C=O) groups excluding carboxylic acids is 2. The number of hydrogen-bond acceptors (Lipinski definition) is 5. The summed E-state index contributed by atoms with van der Waals surface area (Å²) in [4.78, 5) is 24.8. The van der Waals surface area contributed by atoms with Crippen molar-refractivity contribution in [2.24, 2.45) is 5.14 Å². The summed E-state index contributed by atoms with van der Waals surface area (Å²) in [5.41, 5.74) is 1.50. The molecule has 2 amide bonds. The van der Waals surface area contributed by atoms with Crippen molar-refractivity contribution in [2.45, 2.75) is 24.2 Å². The number of benzene rings is 2. The van der Waals surface area contributed by atoms with Gasteiger partial charge >= 0.3 is 0 Å². The number of nitrogens with one attached hydrogen (secondary N) is 2. The topological polar surface area (TPSA) is 93.5 Å². The highest BCUT2D eigenvalue weighted by molar-refractivity contribution is 7.97. The summed E-state index contributed by atoms with van der Waals surface area (Å²) >= 11 is 6.77. The van der Waals surface area contributed by atoms with E-state index in [1.54, 1.807) is 0 Å². The third-order valence-electron chi connectivity index (χ3n) is 4.03. The first-order valence-corrected chi connectivity index (χ1v) is 10.4. The van der Waals surface area contributed by atoms with Gasteiger partial charge in [-0.2, -0.15) is 0 Å². The molecule has 30 heavy (non-hydrogen) atoms. The van der Waals surface area contributed by atoms with Crippen LogP contribution in [0.3, 0.4) is 0 Å². The van der Waals surface area contributed by atoms with E-state index in [-0.39, 0.29) is 29.7 Å². The minimum Gasteiger partial charge on any atom is -0.484 e. The highest BCUT2D eigenvalue weighted by Gasteiger charge is 2.08. The van der Waals surface area contributed by atoms with Crippen LogP contribution in [-0.2, 0) is 16.0 Å². The molecule has 0 spiro atoms. The molecule has 9 heteroatoms. The molecule has 0 aliphatic rings. The van der Waals surface area contributed by atoms with E-state index < -0.39 is 11.7 Å². The molecule has 0 unspecified atom stereocenters. The van der Waals surface area contributed by atoms with Crippen LogP contribution in [0.5, 0.6) is 5.75 Å². The summed E-state index contributed by atoms with van der Waals surface area (Å²) in [5.74, 6) is -1.02. The van der Waals surface area contributed by atoms with E-state index in [1.165, 1.54) is 24.1 Å². The van der Waals surface area contributed by atoms with Crippen LogP contribution in [0.2, 0.25) is 5.02 Å². The fourth-order valence-electron chi connectivity index (χ4n) is 2.45. The summed E-state index contributed by atoms with van der Waals surface area (Å²) < 4.78 is 18.5. The van der Waals surface area contributed by atoms with Gasteiger partial charge in [0.2, 0.25) is 5.91 Å². The molecule has 0 aromatic heterocycles. The van der Waals surface area contributed by atoms with Gasteiger partial charge in [-0.15, -0.1) is 0 Å². The maximum atomic E-state index is 13.3. The highest BCUT2D eigenvalue weighted by Crippen LogP contribution is 2.20. The molecule has 0 aliphatic heterocycles. The molecule has 0 heterocycles. The van der Waals surface area contributed by atoms with Crippen LogP contribution in [0.4, 0.5) is 4.39 Å². The van der Waals surface area contributed by atoms with Crippen molar-refractivity contribution in [2.75, 3.05) is 13.2 Å². The van der Waals surface area contributed by atoms with Gasteiger partial charge in [-0.1, -0.05) is 30.3 Å². The number of nitrogens with two attached hydrogens (primary N) is 1. The van der Waals surface area contributed by atoms with Gasteiger partial charge in [0.25, 0.3) is 5.91 Å². The summed E-state index contributed by atoms with van der Waals surface area (Å²) in [7, 11) is 0. The zero-order valence-corrected chi connectivity index (χ0v) is 17.8. The smallest absolute Gasteiger partial charge is 0.262 e. The fourth-order valence-corrected chi connectivity index (χ4v) is 2.86. The number of rotatable bonds is 11. The second-order valence-electron chi connectivity index (χ2n) is 6.38. The molecule has 160 valence electrons. The first-order valence-electron chi connectivity index (χ1n) is 9.15. The van der Waals surface area contributed by atoms with Gasteiger partial charge in [0.05, 0.1) is 5.02 Å². The molecule has 0 bridgehead atoms. The Balaban J connectivity index is 1.61. The van der Waals surface area contributed by atoms with Gasteiger partial charge in [-0.25, -0.2) is 4.39 Å². The second kappa shape index (κ2) is 12.2. The lowest BCUT2D eigenvalue weighted by molar-refractivity contribution is -0.123. The van der Waals surface area contributed by atoms with Crippen LogP contribution >= 0.6 is 23.5 Å². The molecule has 2 aromatic carbocycles. The van der Waals surface area contributed by atoms with E-state index in [2.05, 4.69) is 17.2 Å². The summed E-state index contributed by atoms with van der Waals surface area (Å²) in [6.07, 6.45) is 1.21. The minimum absolute atomic E-state index is 0.0259. The van der Waals surface area contributed by atoms with Crippen LogP contribution in [0.25, 0.3) is 0 Å². The highest BCUT2D eigenvalue weighted by atomic mass is 35.5. The Bertz CT molecular complexity index is 894. The van der Waals surface area contributed by atoms with Crippen molar-refractivity contribution in [1.29, 1.82) is 0 Å². The van der Waals surface area contributed by atoms with Crippen molar-refractivity contribution < 1.29 is 18.7 Å². The molecule has 0 fully saturated rings. The Morgan fingerprint density at radius 2 is 1.87 bits per heavy atom. The first-order chi connectivity index (χ1) is 14.4. The lowest BCUT2D eigenvalue weighted by Gasteiger charge is -2.10. The van der Waals surface area contributed by atoms with Gasteiger partial charge in [0, 0.05) is 29.6 Å². The van der Waals surface area contributed by atoms with E-state index in [4.69, 9.17) is 21.5 Å². The second-order valence-corrected chi connectivity index (χ2v) is 7.49. The molecule has 6 nitrogen and oxygen atoms in total. The van der Waals surface area contributed by atoms with E-state index in [0.717, 1.165) is 16.5 Å². The maximum absolute atomic E-state index is 13.3.